The Morgan fingerprint density at radius 1 is 1.45 bits per heavy atom. The number of halogens is 2. The average molecular weight is 369 g/mol. The van der Waals surface area contributed by atoms with Crippen LogP contribution in [0.3, 0.4) is 0 Å². The maximum atomic E-state index is 12.4. The predicted molar refractivity (Wildman–Crippen MR) is 96.6 cm³/mol. The van der Waals surface area contributed by atoms with Crippen molar-refractivity contribution < 1.29 is 4.79 Å². The molecule has 1 atom stereocenters. The molecule has 0 radical (unpaired) electrons. The average Bonchev–Trinajstić information content (AvgIpc) is 3.09. The van der Waals surface area contributed by atoms with Crippen LogP contribution < -0.4 is 5.73 Å². The molecule has 2 rings (SSSR count). The molecule has 128 valence electrons. The molecule has 1 saturated heterocycles. The number of amides is 1. The topological polar surface area (TPSA) is 62.5 Å². The number of hydrogen-bond acceptors (Lipinski definition) is 5. The van der Waals surface area contributed by atoms with Crippen molar-refractivity contribution in [2.24, 2.45) is 5.73 Å². The quantitative estimate of drug-likeness (QED) is 0.834. The molecule has 2 N–H and O–H groups in total. The monoisotopic (exact) mass is 368 g/mol. The van der Waals surface area contributed by atoms with E-state index < -0.39 is 0 Å². The summed E-state index contributed by atoms with van der Waals surface area (Å²) in [7, 11) is 0. The summed E-state index contributed by atoms with van der Waals surface area (Å²) in [4.78, 5) is 21.2. The third kappa shape index (κ3) is 5.06. The second-order valence-electron chi connectivity index (χ2n) is 5.08. The van der Waals surface area contributed by atoms with Crippen LogP contribution in [0, 0.1) is 0 Å². The highest BCUT2D eigenvalue weighted by atomic mass is 35.5. The van der Waals surface area contributed by atoms with Gasteiger partial charge in [-0.05, 0) is 26.1 Å². The largest absolute Gasteiger partial charge is 0.336 e. The number of nitrogens with zero attached hydrogens (tertiary/aromatic N) is 3. The van der Waals surface area contributed by atoms with Gasteiger partial charge in [0.15, 0.2) is 0 Å². The first-order valence-corrected chi connectivity index (χ1v) is 8.25. The molecule has 22 heavy (non-hydrogen) atoms. The van der Waals surface area contributed by atoms with E-state index in [9.17, 15) is 4.79 Å². The number of carbonyl (C=O) groups excluding carboxylic acids is 1. The van der Waals surface area contributed by atoms with Gasteiger partial charge >= 0.3 is 0 Å². The molecule has 8 heteroatoms. The molecular weight excluding hydrogens is 343 g/mol. The molecule has 1 amide bonds. The van der Waals surface area contributed by atoms with E-state index in [2.05, 4.69) is 23.7 Å². The van der Waals surface area contributed by atoms with Crippen molar-refractivity contribution in [3.63, 3.8) is 0 Å². The number of carbonyl (C=O) groups is 1. The number of hydrogen-bond donors (Lipinski definition) is 1. The van der Waals surface area contributed by atoms with Gasteiger partial charge in [0, 0.05) is 30.9 Å². The Balaban J connectivity index is 0.00000220. The fourth-order valence-electron chi connectivity index (χ4n) is 2.77. The van der Waals surface area contributed by atoms with Crippen LogP contribution in [0.1, 0.15) is 35.8 Å². The summed E-state index contributed by atoms with van der Waals surface area (Å²) >= 11 is 1.53. The van der Waals surface area contributed by atoms with Gasteiger partial charge in [-0.2, -0.15) is 0 Å². The maximum Gasteiger partial charge on any atom is 0.273 e. The van der Waals surface area contributed by atoms with E-state index in [0.29, 0.717) is 18.3 Å². The van der Waals surface area contributed by atoms with Gasteiger partial charge in [0.25, 0.3) is 5.91 Å². The second kappa shape index (κ2) is 10.4. The van der Waals surface area contributed by atoms with Crippen LogP contribution in [0.2, 0.25) is 0 Å². The van der Waals surface area contributed by atoms with Gasteiger partial charge in [0.05, 0.1) is 5.01 Å². The van der Waals surface area contributed by atoms with E-state index in [1.165, 1.54) is 11.3 Å². The van der Waals surface area contributed by atoms with Crippen molar-refractivity contribution in [1.29, 1.82) is 0 Å². The van der Waals surface area contributed by atoms with E-state index in [0.717, 1.165) is 44.0 Å². The van der Waals surface area contributed by atoms with E-state index in [1.807, 2.05) is 10.3 Å². The molecule has 1 aromatic heterocycles. The number of likely N-dealkylation sites (tertiary alicyclic amines) is 1. The first-order chi connectivity index (χ1) is 9.69. The molecule has 1 fully saturated rings. The maximum absolute atomic E-state index is 12.4. The summed E-state index contributed by atoms with van der Waals surface area (Å²) in [6, 6.07) is 0.496. The molecule has 0 bridgehead atoms. The van der Waals surface area contributed by atoms with Crippen molar-refractivity contribution in [3.05, 3.63) is 16.1 Å². The van der Waals surface area contributed by atoms with Crippen molar-refractivity contribution in [2.45, 2.75) is 32.7 Å². The van der Waals surface area contributed by atoms with E-state index >= 15 is 0 Å². The van der Waals surface area contributed by atoms with Gasteiger partial charge in [-0.25, -0.2) is 4.98 Å². The first-order valence-electron chi connectivity index (χ1n) is 7.37. The van der Waals surface area contributed by atoms with Crippen molar-refractivity contribution >= 4 is 42.1 Å². The number of rotatable bonds is 6. The van der Waals surface area contributed by atoms with Crippen LogP contribution in [0.15, 0.2) is 5.38 Å². The lowest BCUT2D eigenvalue weighted by atomic mass is 10.2. The van der Waals surface area contributed by atoms with Crippen LogP contribution in [-0.4, -0.2) is 59.5 Å². The fraction of sp³-hybridized carbons (Fsp3) is 0.714. The molecule has 0 aliphatic carbocycles. The second-order valence-corrected chi connectivity index (χ2v) is 6.02. The highest BCUT2D eigenvalue weighted by molar-refractivity contribution is 7.09. The number of aromatic nitrogens is 1. The highest BCUT2D eigenvalue weighted by Crippen LogP contribution is 2.19. The lowest BCUT2D eigenvalue weighted by Gasteiger charge is -2.25. The van der Waals surface area contributed by atoms with Gasteiger partial charge in [-0.1, -0.05) is 13.8 Å². The first kappa shape index (κ1) is 21.6. The van der Waals surface area contributed by atoms with Crippen LogP contribution >= 0.6 is 36.2 Å². The minimum atomic E-state index is 0. The minimum absolute atomic E-state index is 0. The molecule has 0 spiro atoms. The Kier molecular flexibility index (Phi) is 10.2. The van der Waals surface area contributed by atoms with Crippen LogP contribution in [0.25, 0.3) is 0 Å². The van der Waals surface area contributed by atoms with Crippen molar-refractivity contribution in [1.82, 2.24) is 14.8 Å². The fourth-order valence-corrected chi connectivity index (χ4v) is 3.56. The summed E-state index contributed by atoms with van der Waals surface area (Å²) in [5.41, 5.74) is 6.10. The molecule has 1 unspecified atom stereocenters. The van der Waals surface area contributed by atoms with Crippen molar-refractivity contribution in [2.75, 3.05) is 32.7 Å². The number of likely N-dealkylation sites (N-methyl/N-ethyl adjacent to an activating group) is 1. The zero-order chi connectivity index (χ0) is 14.5. The van der Waals surface area contributed by atoms with Gasteiger partial charge < -0.3 is 10.6 Å². The van der Waals surface area contributed by atoms with Gasteiger partial charge in [-0.15, -0.1) is 36.2 Å². The number of nitrogens with two attached hydrogens (primary N) is 1. The SMILES string of the molecule is CCN(CC)C1CCN(C(=O)c2csc(CCN)n2)C1.Cl.Cl. The summed E-state index contributed by atoms with van der Waals surface area (Å²) in [5, 5.41) is 2.81. The summed E-state index contributed by atoms with van der Waals surface area (Å²) < 4.78 is 0. The lowest BCUT2D eigenvalue weighted by Crippen LogP contribution is -2.38. The highest BCUT2D eigenvalue weighted by Gasteiger charge is 2.30. The van der Waals surface area contributed by atoms with Crippen LogP contribution in [-0.2, 0) is 6.42 Å². The summed E-state index contributed by atoms with van der Waals surface area (Å²) in [6.45, 7) is 8.67. The van der Waals surface area contributed by atoms with Crippen LogP contribution in [0.4, 0.5) is 0 Å². The Morgan fingerprint density at radius 3 is 2.73 bits per heavy atom. The molecule has 0 saturated carbocycles. The standard InChI is InChI=1S/C14H24N4OS.2ClH/c1-3-17(4-2)11-6-8-18(9-11)14(19)12-10-20-13(16-12)5-7-15;;/h10-11H,3-9,15H2,1-2H3;2*1H. The third-order valence-electron chi connectivity index (χ3n) is 3.91. The molecule has 2 heterocycles. The predicted octanol–water partition coefficient (Wildman–Crippen LogP) is 2.04. The Morgan fingerprint density at radius 2 is 2.14 bits per heavy atom. The molecule has 0 aromatic carbocycles. The molecule has 1 aliphatic rings. The summed E-state index contributed by atoms with van der Waals surface area (Å²) in [6.07, 6.45) is 1.81. The van der Waals surface area contributed by atoms with Crippen LogP contribution in [0.5, 0.6) is 0 Å². The van der Waals surface area contributed by atoms with Gasteiger partial charge in [0.1, 0.15) is 5.69 Å². The van der Waals surface area contributed by atoms with E-state index in [1.54, 1.807) is 0 Å². The zero-order valence-electron chi connectivity index (χ0n) is 13.2. The Hall–Kier alpha value is -0.400. The van der Waals surface area contributed by atoms with Gasteiger partial charge in [0.2, 0.25) is 0 Å². The Bertz CT molecular complexity index is 454. The minimum Gasteiger partial charge on any atom is -0.336 e. The molecular formula is C14H26Cl2N4OS. The molecule has 5 nitrogen and oxygen atoms in total. The van der Waals surface area contributed by atoms with Crippen molar-refractivity contribution in [3.8, 4) is 0 Å². The molecule has 1 aromatic rings. The summed E-state index contributed by atoms with van der Waals surface area (Å²) in [5.74, 6) is 0.0687. The lowest BCUT2D eigenvalue weighted by molar-refractivity contribution is 0.0773. The van der Waals surface area contributed by atoms with E-state index in [-0.39, 0.29) is 30.7 Å². The van der Waals surface area contributed by atoms with Gasteiger partial charge in [-0.3, -0.25) is 9.69 Å². The van der Waals surface area contributed by atoms with E-state index in [4.69, 9.17) is 5.73 Å². The Labute approximate surface area is 149 Å². The smallest absolute Gasteiger partial charge is 0.273 e. The zero-order valence-corrected chi connectivity index (χ0v) is 15.6. The number of thiazole rings is 1. The molecule has 1 aliphatic heterocycles. The third-order valence-corrected chi connectivity index (χ3v) is 4.82. The normalized spacial score (nSPS) is 17.3.